The summed E-state index contributed by atoms with van der Waals surface area (Å²) in [5.74, 6) is 1.33. The highest BCUT2D eigenvalue weighted by molar-refractivity contribution is 6.33. The Balaban J connectivity index is 2.41. The average Bonchev–Trinajstić information content (AvgIpc) is 2.66. The Bertz CT molecular complexity index is 478. The summed E-state index contributed by atoms with van der Waals surface area (Å²) in [4.78, 5) is 3.96. The van der Waals surface area contributed by atoms with Crippen LogP contribution in [0.15, 0.2) is 24.8 Å². The first-order chi connectivity index (χ1) is 7.68. The van der Waals surface area contributed by atoms with E-state index in [1.165, 1.54) is 0 Å². The van der Waals surface area contributed by atoms with Crippen LogP contribution in [0, 0.1) is 5.92 Å². The number of rotatable bonds is 3. The quantitative estimate of drug-likeness (QED) is 0.823. The summed E-state index contributed by atoms with van der Waals surface area (Å²) in [6.07, 6.45) is 5.05. The van der Waals surface area contributed by atoms with Gasteiger partial charge in [-0.1, -0.05) is 25.4 Å². The molecular weight excluding hydrogens is 224 g/mol. The number of pyridine rings is 1. The van der Waals surface area contributed by atoms with Crippen LogP contribution in [0.3, 0.4) is 0 Å². The van der Waals surface area contributed by atoms with Crippen LogP contribution in [0.2, 0.25) is 5.02 Å². The van der Waals surface area contributed by atoms with Crippen molar-refractivity contribution in [2.24, 2.45) is 5.92 Å². The molecule has 0 saturated heterocycles. The van der Waals surface area contributed by atoms with Crippen molar-refractivity contribution < 1.29 is 0 Å². The van der Waals surface area contributed by atoms with E-state index in [1.54, 1.807) is 18.7 Å². The second-order valence-electron chi connectivity index (χ2n) is 4.06. The molecule has 2 heterocycles. The van der Waals surface area contributed by atoms with Gasteiger partial charge in [0, 0.05) is 24.5 Å². The fourth-order valence-electron chi connectivity index (χ4n) is 1.55. The lowest BCUT2D eigenvalue weighted by molar-refractivity contribution is 0.525. The summed E-state index contributed by atoms with van der Waals surface area (Å²) in [5, 5.41) is 8.63. The van der Waals surface area contributed by atoms with Crippen molar-refractivity contribution in [1.82, 2.24) is 19.7 Å². The van der Waals surface area contributed by atoms with Crippen LogP contribution < -0.4 is 0 Å². The van der Waals surface area contributed by atoms with Crippen LogP contribution >= 0.6 is 11.6 Å². The highest BCUT2D eigenvalue weighted by Gasteiger charge is 2.11. The lowest BCUT2D eigenvalue weighted by Crippen LogP contribution is -2.05. The second kappa shape index (κ2) is 4.61. The fraction of sp³-hybridized carbons (Fsp3) is 0.364. The zero-order chi connectivity index (χ0) is 11.5. The lowest BCUT2D eigenvalue weighted by atomic mass is 10.2. The summed E-state index contributed by atoms with van der Waals surface area (Å²) < 4.78 is 2.01. The smallest absolute Gasteiger partial charge is 0.165 e. The third kappa shape index (κ3) is 2.22. The van der Waals surface area contributed by atoms with Gasteiger partial charge in [-0.15, -0.1) is 10.2 Å². The molecule has 0 aliphatic rings. The predicted octanol–water partition coefficient (Wildman–Crippen LogP) is 2.65. The molecule has 5 heteroatoms. The van der Waals surface area contributed by atoms with Crippen LogP contribution in [0.25, 0.3) is 11.4 Å². The molecule has 4 nitrogen and oxygen atoms in total. The Morgan fingerprint density at radius 1 is 1.44 bits per heavy atom. The molecule has 2 rings (SSSR count). The van der Waals surface area contributed by atoms with E-state index in [-0.39, 0.29) is 0 Å². The first kappa shape index (κ1) is 11.1. The summed E-state index contributed by atoms with van der Waals surface area (Å²) >= 11 is 6.08. The van der Waals surface area contributed by atoms with Gasteiger partial charge in [0.05, 0.1) is 5.02 Å². The second-order valence-corrected chi connectivity index (χ2v) is 4.46. The predicted molar refractivity (Wildman–Crippen MR) is 63.1 cm³/mol. The molecule has 0 atom stereocenters. The molecule has 0 N–H and O–H groups in total. The summed E-state index contributed by atoms with van der Waals surface area (Å²) in [5.41, 5.74) is 0.870. The fourth-order valence-corrected chi connectivity index (χ4v) is 1.75. The van der Waals surface area contributed by atoms with Gasteiger partial charge < -0.3 is 4.57 Å². The Morgan fingerprint density at radius 2 is 2.25 bits per heavy atom. The summed E-state index contributed by atoms with van der Waals surface area (Å²) in [7, 11) is 0. The number of nitrogens with zero attached hydrogens (tertiary/aromatic N) is 4. The molecule has 0 unspecified atom stereocenters. The molecule has 16 heavy (non-hydrogen) atoms. The van der Waals surface area contributed by atoms with Crippen molar-refractivity contribution >= 4 is 11.6 Å². The highest BCUT2D eigenvalue weighted by atomic mass is 35.5. The standard InChI is InChI=1S/C11H13ClN4/c1-8(2)6-16-7-14-15-11(16)9-3-4-13-5-10(9)12/h3-5,7-8H,6H2,1-2H3. The maximum atomic E-state index is 6.08. The molecule has 0 saturated carbocycles. The molecule has 0 aliphatic heterocycles. The molecule has 0 spiro atoms. The topological polar surface area (TPSA) is 43.6 Å². The number of hydrogen-bond donors (Lipinski definition) is 0. The third-order valence-corrected chi connectivity index (χ3v) is 2.49. The van der Waals surface area contributed by atoms with E-state index in [2.05, 4.69) is 29.0 Å². The van der Waals surface area contributed by atoms with Gasteiger partial charge in [-0.05, 0) is 12.0 Å². The van der Waals surface area contributed by atoms with Crippen LogP contribution in [0.1, 0.15) is 13.8 Å². The van der Waals surface area contributed by atoms with E-state index in [4.69, 9.17) is 11.6 Å². The van der Waals surface area contributed by atoms with E-state index < -0.39 is 0 Å². The van der Waals surface area contributed by atoms with Gasteiger partial charge in [0.25, 0.3) is 0 Å². The minimum atomic E-state index is 0.537. The Hall–Kier alpha value is -1.42. The largest absolute Gasteiger partial charge is 0.313 e. The van der Waals surface area contributed by atoms with E-state index in [0.717, 1.165) is 17.9 Å². The molecule has 2 aromatic rings. The number of aromatic nitrogens is 4. The summed E-state index contributed by atoms with van der Waals surface area (Å²) in [6.45, 7) is 5.18. The Labute approximate surface area is 99.3 Å². The zero-order valence-corrected chi connectivity index (χ0v) is 10.0. The van der Waals surface area contributed by atoms with Gasteiger partial charge in [0.15, 0.2) is 5.82 Å². The first-order valence-corrected chi connectivity index (χ1v) is 5.54. The highest BCUT2D eigenvalue weighted by Crippen LogP contribution is 2.24. The van der Waals surface area contributed by atoms with Gasteiger partial charge in [-0.2, -0.15) is 0 Å². The molecule has 0 aromatic carbocycles. The Kier molecular flexibility index (Phi) is 3.19. The van der Waals surface area contributed by atoms with Crippen LogP contribution in [-0.4, -0.2) is 19.7 Å². The van der Waals surface area contributed by atoms with E-state index in [9.17, 15) is 0 Å². The van der Waals surface area contributed by atoms with Crippen molar-refractivity contribution in [3.63, 3.8) is 0 Å². The lowest BCUT2D eigenvalue weighted by Gasteiger charge is -2.09. The molecule has 0 amide bonds. The van der Waals surface area contributed by atoms with Crippen LogP contribution in [0.5, 0.6) is 0 Å². The van der Waals surface area contributed by atoms with Crippen molar-refractivity contribution in [3.8, 4) is 11.4 Å². The van der Waals surface area contributed by atoms with E-state index >= 15 is 0 Å². The zero-order valence-electron chi connectivity index (χ0n) is 9.26. The number of halogens is 1. The normalized spacial score (nSPS) is 11.0. The van der Waals surface area contributed by atoms with Gasteiger partial charge in [-0.3, -0.25) is 4.98 Å². The first-order valence-electron chi connectivity index (χ1n) is 5.16. The van der Waals surface area contributed by atoms with E-state index in [1.807, 2.05) is 10.6 Å². The SMILES string of the molecule is CC(C)Cn1cnnc1-c1ccncc1Cl. The molecule has 0 bridgehead atoms. The molecular formula is C11H13ClN4. The average molecular weight is 237 g/mol. The van der Waals surface area contributed by atoms with Gasteiger partial charge in [0.1, 0.15) is 6.33 Å². The van der Waals surface area contributed by atoms with Crippen molar-refractivity contribution in [2.75, 3.05) is 0 Å². The molecule has 2 aromatic heterocycles. The molecule has 84 valence electrons. The van der Waals surface area contributed by atoms with Gasteiger partial charge in [0.2, 0.25) is 0 Å². The van der Waals surface area contributed by atoms with Gasteiger partial charge in [-0.25, -0.2) is 0 Å². The summed E-state index contributed by atoms with van der Waals surface area (Å²) in [6, 6.07) is 1.85. The maximum Gasteiger partial charge on any atom is 0.165 e. The van der Waals surface area contributed by atoms with E-state index in [0.29, 0.717) is 10.9 Å². The van der Waals surface area contributed by atoms with Crippen LogP contribution in [0.4, 0.5) is 0 Å². The van der Waals surface area contributed by atoms with Crippen LogP contribution in [-0.2, 0) is 6.54 Å². The van der Waals surface area contributed by atoms with Crippen molar-refractivity contribution in [3.05, 3.63) is 29.8 Å². The van der Waals surface area contributed by atoms with Crippen molar-refractivity contribution in [2.45, 2.75) is 20.4 Å². The molecule has 0 aliphatic carbocycles. The third-order valence-electron chi connectivity index (χ3n) is 2.19. The monoisotopic (exact) mass is 236 g/mol. The molecule has 0 fully saturated rings. The van der Waals surface area contributed by atoms with Crippen molar-refractivity contribution in [1.29, 1.82) is 0 Å². The minimum Gasteiger partial charge on any atom is -0.313 e. The minimum absolute atomic E-state index is 0.537. The van der Waals surface area contributed by atoms with Gasteiger partial charge >= 0.3 is 0 Å². The molecule has 0 radical (unpaired) electrons. The Morgan fingerprint density at radius 3 is 2.94 bits per heavy atom. The maximum absolute atomic E-state index is 6.08. The number of hydrogen-bond acceptors (Lipinski definition) is 3.